The van der Waals surface area contributed by atoms with Gasteiger partial charge in [0.15, 0.2) is 0 Å². The van der Waals surface area contributed by atoms with E-state index in [1.807, 2.05) is 0 Å². The summed E-state index contributed by atoms with van der Waals surface area (Å²) in [5.41, 5.74) is 0.809. The van der Waals surface area contributed by atoms with Crippen molar-refractivity contribution in [2.75, 3.05) is 13.2 Å². The van der Waals surface area contributed by atoms with Crippen LogP contribution in [0.1, 0.15) is 118 Å². The largest absolute Gasteiger partial charge is 0.462 e. The summed E-state index contributed by atoms with van der Waals surface area (Å²) in [7, 11) is 0. The first-order valence-corrected chi connectivity index (χ1v) is 11.6. The highest BCUT2D eigenvalue weighted by molar-refractivity contribution is 5.95. The van der Waals surface area contributed by atoms with E-state index in [-0.39, 0.29) is 11.9 Å². The van der Waals surface area contributed by atoms with Crippen molar-refractivity contribution in [2.45, 2.75) is 97.3 Å². The summed E-state index contributed by atoms with van der Waals surface area (Å²) in [5.74, 6) is -0.748. The molecule has 0 aliphatic carbocycles. The Bertz CT molecular complexity index is 568. The highest BCUT2D eigenvalue weighted by atomic mass is 16.5. The standard InChI is InChI=1S/C25H40O4/c1-3-5-7-9-11-13-15-20-29-25(27)23-18-16-17-22(21-23)24(26)28-19-14-12-10-8-6-4-2/h16-18,21H,3-15,19-20H2,1-2H3. The topological polar surface area (TPSA) is 52.6 Å². The molecule has 0 heterocycles. The Morgan fingerprint density at radius 3 is 1.41 bits per heavy atom. The average Bonchev–Trinajstić information content (AvgIpc) is 2.74. The lowest BCUT2D eigenvalue weighted by Crippen LogP contribution is -2.10. The van der Waals surface area contributed by atoms with Crippen molar-refractivity contribution in [1.29, 1.82) is 0 Å². The lowest BCUT2D eigenvalue weighted by Gasteiger charge is -2.08. The lowest BCUT2D eigenvalue weighted by atomic mass is 10.1. The van der Waals surface area contributed by atoms with Crippen molar-refractivity contribution in [1.82, 2.24) is 0 Å². The number of ether oxygens (including phenoxy) is 2. The minimum atomic E-state index is -0.375. The second kappa shape index (κ2) is 17.1. The molecule has 4 nitrogen and oxygen atoms in total. The number of esters is 2. The van der Waals surface area contributed by atoms with Crippen molar-refractivity contribution >= 4 is 11.9 Å². The van der Waals surface area contributed by atoms with Gasteiger partial charge < -0.3 is 9.47 Å². The van der Waals surface area contributed by atoms with Crippen LogP contribution in [0.4, 0.5) is 0 Å². The van der Waals surface area contributed by atoms with Crippen LogP contribution in [0.3, 0.4) is 0 Å². The molecule has 0 bridgehead atoms. The van der Waals surface area contributed by atoms with Gasteiger partial charge in [-0.25, -0.2) is 9.59 Å². The maximum absolute atomic E-state index is 12.2. The molecule has 0 amide bonds. The zero-order valence-electron chi connectivity index (χ0n) is 18.5. The molecule has 0 fully saturated rings. The van der Waals surface area contributed by atoms with Gasteiger partial charge in [0.05, 0.1) is 24.3 Å². The van der Waals surface area contributed by atoms with Crippen LogP contribution in [0.25, 0.3) is 0 Å². The van der Waals surface area contributed by atoms with Gasteiger partial charge in [0, 0.05) is 0 Å². The predicted octanol–water partition coefficient (Wildman–Crippen LogP) is 7.11. The highest BCUT2D eigenvalue weighted by Crippen LogP contribution is 2.11. The van der Waals surface area contributed by atoms with Gasteiger partial charge in [-0.15, -0.1) is 0 Å². The van der Waals surface area contributed by atoms with Crippen LogP contribution < -0.4 is 0 Å². The molecule has 0 radical (unpaired) electrons. The SMILES string of the molecule is CCCCCCCCCOC(=O)c1cccc(C(=O)OCCCCCCCC)c1. The Hall–Kier alpha value is -1.84. The molecule has 1 aromatic carbocycles. The van der Waals surface area contributed by atoms with Crippen LogP contribution in [0.2, 0.25) is 0 Å². The van der Waals surface area contributed by atoms with Crippen molar-refractivity contribution in [2.24, 2.45) is 0 Å². The fraction of sp³-hybridized carbons (Fsp3) is 0.680. The van der Waals surface area contributed by atoms with Crippen LogP contribution in [-0.4, -0.2) is 25.2 Å². The smallest absolute Gasteiger partial charge is 0.338 e. The molecule has 1 rings (SSSR count). The van der Waals surface area contributed by atoms with E-state index in [9.17, 15) is 9.59 Å². The van der Waals surface area contributed by atoms with Gasteiger partial charge >= 0.3 is 11.9 Å². The molecule has 0 saturated carbocycles. The zero-order valence-corrected chi connectivity index (χ0v) is 18.5. The number of rotatable bonds is 17. The van der Waals surface area contributed by atoms with Gasteiger partial charge in [0.1, 0.15) is 0 Å². The van der Waals surface area contributed by atoms with Gasteiger partial charge in [-0.3, -0.25) is 0 Å². The summed E-state index contributed by atoms with van der Waals surface area (Å²) < 4.78 is 10.7. The van der Waals surface area contributed by atoms with E-state index >= 15 is 0 Å². The molecular formula is C25H40O4. The van der Waals surface area contributed by atoms with Crippen molar-refractivity contribution in [3.63, 3.8) is 0 Å². The molecule has 0 unspecified atom stereocenters. The molecule has 164 valence electrons. The van der Waals surface area contributed by atoms with Crippen LogP contribution in [0.15, 0.2) is 24.3 Å². The molecule has 29 heavy (non-hydrogen) atoms. The summed E-state index contributed by atoms with van der Waals surface area (Å²) in [4.78, 5) is 24.4. The van der Waals surface area contributed by atoms with Gasteiger partial charge in [0.25, 0.3) is 0 Å². The normalized spacial score (nSPS) is 10.7. The van der Waals surface area contributed by atoms with E-state index in [4.69, 9.17) is 9.47 Å². The van der Waals surface area contributed by atoms with E-state index in [1.165, 1.54) is 57.8 Å². The van der Waals surface area contributed by atoms with E-state index in [1.54, 1.807) is 24.3 Å². The van der Waals surface area contributed by atoms with E-state index in [2.05, 4.69) is 13.8 Å². The molecule has 0 aliphatic rings. The fourth-order valence-electron chi connectivity index (χ4n) is 3.21. The fourth-order valence-corrected chi connectivity index (χ4v) is 3.21. The van der Waals surface area contributed by atoms with Crippen molar-refractivity contribution < 1.29 is 19.1 Å². The van der Waals surface area contributed by atoms with E-state index < -0.39 is 0 Å². The molecule has 0 aromatic heterocycles. The van der Waals surface area contributed by atoms with Gasteiger partial charge in [-0.1, -0.05) is 90.5 Å². The van der Waals surface area contributed by atoms with E-state index in [0.29, 0.717) is 24.3 Å². The van der Waals surface area contributed by atoms with E-state index in [0.717, 1.165) is 25.7 Å². The molecule has 0 saturated heterocycles. The molecule has 0 spiro atoms. The Morgan fingerprint density at radius 1 is 0.621 bits per heavy atom. The third kappa shape index (κ3) is 12.4. The minimum Gasteiger partial charge on any atom is -0.462 e. The van der Waals surface area contributed by atoms with Crippen molar-refractivity contribution in [3.8, 4) is 0 Å². The molecule has 0 N–H and O–H groups in total. The van der Waals surface area contributed by atoms with Crippen LogP contribution in [0, 0.1) is 0 Å². The number of unbranched alkanes of at least 4 members (excludes halogenated alkanes) is 11. The quantitative estimate of drug-likeness (QED) is 0.205. The zero-order chi connectivity index (χ0) is 21.2. The second-order valence-corrected chi connectivity index (χ2v) is 7.74. The average molecular weight is 405 g/mol. The van der Waals surface area contributed by atoms with Crippen LogP contribution >= 0.6 is 0 Å². The minimum absolute atomic E-state index is 0.374. The Balaban J connectivity index is 2.24. The number of benzene rings is 1. The van der Waals surface area contributed by atoms with Crippen molar-refractivity contribution in [3.05, 3.63) is 35.4 Å². The maximum atomic E-state index is 12.2. The summed E-state index contributed by atoms with van der Waals surface area (Å²) in [6.45, 7) is 5.27. The monoisotopic (exact) mass is 404 g/mol. The first-order chi connectivity index (χ1) is 14.2. The Labute approximate surface area is 177 Å². The van der Waals surface area contributed by atoms with Crippen LogP contribution in [0.5, 0.6) is 0 Å². The summed E-state index contributed by atoms with van der Waals surface area (Å²) in [6, 6.07) is 6.62. The second-order valence-electron chi connectivity index (χ2n) is 7.74. The first kappa shape index (κ1) is 25.2. The van der Waals surface area contributed by atoms with Gasteiger partial charge in [-0.2, -0.15) is 0 Å². The third-order valence-electron chi connectivity index (χ3n) is 5.05. The predicted molar refractivity (Wildman–Crippen MR) is 118 cm³/mol. The summed E-state index contributed by atoms with van der Waals surface area (Å²) in [6.07, 6.45) is 15.1. The third-order valence-corrected chi connectivity index (χ3v) is 5.05. The van der Waals surface area contributed by atoms with Crippen LogP contribution in [-0.2, 0) is 9.47 Å². The highest BCUT2D eigenvalue weighted by Gasteiger charge is 2.12. The number of hydrogen-bond acceptors (Lipinski definition) is 4. The number of carbonyl (C=O) groups is 2. The lowest BCUT2D eigenvalue weighted by molar-refractivity contribution is 0.0496. The molecule has 4 heteroatoms. The number of carbonyl (C=O) groups excluding carboxylic acids is 2. The molecule has 0 aliphatic heterocycles. The molecular weight excluding hydrogens is 364 g/mol. The summed E-state index contributed by atoms with van der Waals surface area (Å²) >= 11 is 0. The van der Waals surface area contributed by atoms with Gasteiger partial charge in [0.2, 0.25) is 0 Å². The molecule has 1 aromatic rings. The maximum Gasteiger partial charge on any atom is 0.338 e. The van der Waals surface area contributed by atoms with Gasteiger partial charge in [-0.05, 0) is 31.0 Å². The first-order valence-electron chi connectivity index (χ1n) is 11.6. The Kier molecular flexibility index (Phi) is 14.8. The molecule has 0 atom stereocenters. The number of hydrogen-bond donors (Lipinski definition) is 0. The Morgan fingerprint density at radius 2 is 1.00 bits per heavy atom. The summed E-state index contributed by atoms with van der Waals surface area (Å²) in [5, 5.41) is 0.